The van der Waals surface area contributed by atoms with Gasteiger partial charge in [-0.3, -0.25) is 9.59 Å². The van der Waals surface area contributed by atoms with E-state index in [9.17, 15) is 14.0 Å². The van der Waals surface area contributed by atoms with Gasteiger partial charge in [-0.1, -0.05) is 61.0 Å². The number of fused-ring (bicyclic) bond motifs is 1. The van der Waals surface area contributed by atoms with Crippen molar-refractivity contribution in [2.24, 2.45) is 5.92 Å². The summed E-state index contributed by atoms with van der Waals surface area (Å²) in [7, 11) is 0. The SMILES string of the molecule is Cc1ccc(CNC(=O)[C@H](C)[C@H]2Sc3ccccc3N(Cc3ccc(F)cc3)C2=O)cc1. The van der Waals surface area contributed by atoms with Gasteiger partial charge in [-0.15, -0.1) is 11.8 Å². The third kappa shape index (κ3) is 4.86. The summed E-state index contributed by atoms with van der Waals surface area (Å²) in [6.07, 6.45) is 0. The number of aryl methyl sites for hydroxylation is 1. The highest BCUT2D eigenvalue weighted by Crippen LogP contribution is 2.42. The molecule has 0 saturated heterocycles. The van der Waals surface area contributed by atoms with Crippen LogP contribution in [0.1, 0.15) is 23.6 Å². The Morgan fingerprint density at radius 2 is 1.69 bits per heavy atom. The number of hydrogen-bond acceptors (Lipinski definition) is 3. The van der Waals surface area contributed by atoms with Crippen LogP contribution in [0.5, 0.6) is 0 Å². The lowest BCUT2D eigenvalue weighted by atomic mass is 10.0. The Labute approximate surface area is 191 Å². The second kappa shape index (κ2) is 9.57. The minimum Gasteiger partial charge on any atom is -0.352 e. The number of benzene rings is 3. The standard InChI is InChI=1S/C26H25FN2O2S/c1-17-7-9-19(10-8-17)15-28-25(30)18(2)24-26(31)29(16-20-11-13-21(27)14-12-20)22-5-3-4-6-23(22)32-24/h3-14,18,24H,15-16H2,1-2H3,(H,28,30)/t18-,24-/m1/s1. The van der Waals surface area contributed by atoms with Crippen molar-refractivity contribution in [1.29, 1.82) is 0 Å². The number of carbonyl (C=O) groups is 2. The third-order valence-electron chi connectivity index (χ3n) is 5.63. The summed E-state index contributed by atoms with van der Waals surface area (Å²) in [5, 5.41) is 2.43. The van der Waals surface area contributed by atoms with E-state index in [1.165, 1.54) is 23.9 Å². The molecule has 6 heteroatoms. The Morgan fingerprint density at radius 1 is 1.03 bits per heavy atom. The molecule has 0 unspecified atom stereocenters. The Balaban J connectivity index is 1.51. The maximum absolute atomic E-state index is 13.5. The fraction of sp³-hybridized carbons (Fsp3) is 0.231. The zero-order valence-corrected chi connectivity index (χ0v) is 18.9. The van der Waals surface area contributed by atoms with Crippen LogP contribution in [0.15, 0.2) is 77.7 Å². The molecule has 32 heavy (non-hydrogen) atoms. The minimum atomic E-state index is -0.539. The van der Waals surface area contributed by atoms with Crippen molar-refractivity contribution in [3.63, 3.8) is 0 Å². The summed E-state index contributed by atoms with van der Waals surface area (Å²) >= 11 is 1.43. The van der Waals surface area contributed by atoms with Gasteiger partial charge in [0.2, 0.25) is 11.8 Å². The highest BCUT2D eigenvalue weighted by molar-refractivity contribution is 8.01. The zero-order valence-electron chi connectivity index (χ0n) is 18.0. The molecule has 2 atom stereocenters. The highest BCUT2D eigenvalue weighted by Gasteiger charge is 2.39. The van der Waals surface area contributed by atoms with E-state index in [0.717, 1.165) is 27.3 Å². The van der Waals surface area contributed by atoms with Crippen molar-refractivity contribution >= 4 is 29.3 Å². The third-order valence-corrected chi connectivity index (χ3v) is 7.09. The lowest BCUT2D eigenvalue weighted by molar-refractivity contribution is -0.128. The summed E-state index contributed by atoms with van der Waals surface area (Å²) in [5.74, 6) is -1.10. The van der Waals surface area contributed by atoms with Crippen LogP contribution in [0, 0.1) is 18.7 Å². The summed E-state index contributed by atoms with van der Waals surface area (Å²) in [6.45, 7) is 4.56. The average Bonchev–Trinajstić information content (AvgIpc) is 2.81. The zero-order chi connectivity index (χ0) is 22.7. The maximum Gasteiger partial charge on any atom is 0.241 e. The molecule has 4 rings (SSSR count). The van der Waals surface area contributed by atoms with E-state index in [2.05, 4.69) is 5.32 Å². The molecular formula is C26H25FN2O2S. The fourth-order valence-corrected chi connectivity index (χ4v) is 4.97. The molecule has 0 aliphatic carbocycles. The van der Waals surface area contributed by atoms with Crippen molar-refractivity contribution < 1.29 is 14.0 Å². The van der Waals surface area contributed by atoms with Gasteiger partial charge in [0.1, 0.15) is 11.1 Å². The normalized spacial score (nSPS) is 16.4. The number of rotatable bonds is 6. The maximum atomic E-state index is 13.5. The van der Waals surface area contributed by atoms with Crippen molar-refractivity contribution in [3.8, 4) is 0 Å². The van der Waals surface area contributed by atoms with Crippen molar-refractivity contribution in [3.05, 3.63) is 95.3 Å². The molecule has 0 saturated carbocycles. The molecule has 2 amide bonds. The van der Waals surface area contributed by atoms with Gasteiger partial charge in [0.05, 0.1) is 18.2 Å². The number of nitrogens with zero attached hydrogens (tertiary/aromatic N) is 1. The first kappa shape index (κ1) is 22.1. The number of halogens is 1. The molecule has 3 aromatic rings. The predicted octanol–water partition coefficient (Wildman–Crippen LogP) is 5.09. The molecule has 1 aliphatic rings. The topological polar surface area (TPSA) is 49.4 Å². The summed E-state index contributed by atoms with van der Waals surface area (Å²) in [4.78, 5) is 29.0. The monoisotopic (exact) mass is 448 g/mol. The lowest BCUT2D eigenvalue weighted by Gasteiger charge is -2.35. The van der Waals surface area contributed by atoms with Gasteiger partial charge in [-0.05, 0) is 42.3 Å². The first-order chi connectivity index (χ1) is 15.4. The summed E-state index contributed by atoms with van der Waals surface area (Å²) < 4.78 is 13.3. The first-order valence-electron chi connectivity index (χ1n) is 10.6. The van der Waals surface area contributed by atoms with Gasteiger partial charge < -0.3 is 10.2 Å². The number of hydrogen-bond donors (Lipinski definition) is 1. The number of amides is 2. The number of nitrogens with one attached hydrogen (secondary N) is 1. The molecule has 0 spiro atoms. The molecule has 0 aromatic heterocycles. The average molecular weight is 449 g/mol. The molecule has 1 aliphatic heterocycles. The van der Waals surface area contributed by atoms with Crippen molar-refractivity contribution in [2.45, 2.75) is 37.1 Å². The fourth-order valence-electron chi connectivity index (χ4n) is 3.68. The van der Waals surface area contributed by atoms with E-state index in [-0.39, 0.29) is 17.6 Å². The predicted molar refractivity (Wildman–Crippen MR) is 126 cm³/mol. The Hall–Kier alpha value is -3.12. The largest absolute Gasteiger partial charge is 0.352 e. The van der Waals surface area contributed by atoms with E-state index >= 15 is 0 Å². The van der Waals surface area contributed by atoms with E-state index in [4.69, 9.17) is 0 Å². The van der Waals surface area contributed by atoms with E-state index in [1.54, 1.807) is 24.0 Å². The minimum absolute atomic E-state index is 0.115. The van der Waals surface area contributed by atoms with Gasteiger partial charge in [0.15, 0.2) is 0 Å². The smallest absolute Gasteiger partial charge is 0.241 e. The van der Waals surface area contributed by atoms with E-state index in [1.807, 2.05) is 55.5 Å². The van der Waals surface area contributed by atoms with Crippen LogP contribution in [0.25, 0.3) is 0 Å². The van der Waals surface area contributed by atoms with E-state index < -0.39 is 11.2 Å². The van der Waals surface area contributed by atoms with Gasteiger partial charge in [-0.25, -0.2) is 4.39 Å². The van der Waals surface area contributed by atoms with Crippen LogP contribution < -0.4 is 10.2 Å². The molecule has 3 aromatic carbocycles. The Kier molecular flexibility index (Phi) is 6.61. The van der Waals surface area contributed by atoms with Crippen molar-refractivity contribution in [2.75, 3.05) is 4.90 Å². The molecule has 0 fully saturated rings. The second-order valence-electron chi connectivity index (χ2n) is 8.05. The van der Waals surface area contributed by atoms with Crippen LogP contribution in [0.4, 0.5) is 10.1 Å². The second-order valence-corrected chi connectivity index (χ2v) is 9.23. The van der Waals surface area contributed by atoms with Crippen LogP contribution >= 0.6 is 11.8 Å². The molecule has 164 valence electrons. The quantitative estimate of drug-likeness (QED) is 0.571. The molecular weight excluding hydrogens is 423 g/mol. The molecule has 1 N–H and O–H groups in total. The Morgan fingerprint density at radius 3 is 2.41 bits per heavy atom. The Bertz CT molecular complexity index is 1120. The van der Waals surface area contributed by atoms with Gasteiger partial charge in [0.25, 0.3) is 0 Å². The van der Waals surface area contributed by atoms with Crippen LogP contribution in [-0.2, 0) is 22.7 Å². The van der Waals surface area contributed by atoms with Crippen LogP contribution in [-0.4, -0.2) is 17.1 Å². The molecule has 0 bridgehead atoms. The first-order valence-corrected chi connectivity index (χ1v) is 11.4. The summed E-state index contributed by atoms with van der Waals surface area (Å²) in [6, 6.07) is 21.8. The molecule has 0 radical (unpaired) electrons. The van der Waals surface area contributed by atoms with Crippen LogP contribution in [0.3, 0.4) is 0 Å². The number of carbonyl (C=O) groups excluding carboxylic acids is 2. The molecule has 4 nitrogen and oxygen atoms in total. The van der Waals surface area contributed by atoms with Gasteiger partial charge in [0, 0.05) is 11.4 Å². The van der Waals surface area contributed by atoms with Crippen LogP contribution in [0.2, 0.25) is 0 Å². The molecule has 1 heterocycles. The van der Waals surface area contributed by atoms with Gasteiger partial charge in [-0.2, -0.15) is 0 Å². The lowest BCUT2D eigenvalue weighted by Crippen LogP contribution is -2.47. The number of para-hydroxylation sites is 1. The van der Waals surface area contributed by atoms with E-state index in [0.29, 0.717) is 13.1 Å². The number of thioether (sulfide) groups is 1. The van der Waals surface area contributed by atoms with Gasteiger partial charge >= 0.3 is 0 Å². The van der Waals surface area contributed by atoms with Crippen molar-refractivity contribution in [1.82, 2.24) is 5.32 Å². The summed E-state index contributed by atoms with van der Waals surface area (Å²) in [5.41, 5.74) is 3.83. The number of anilines is 1. The highest BCUT2D eigenvalue weighted by atomic mass is 32.2.